The van der Waals surface area contributed by atoms with Crippen molar-refractivity contribution in [2.24, 2.45) is 0 Å². The van der Waals surface area contributed by atoms with Gasteiger partial charge in [0.05, 0.1) is 5.69 Å². The summed E-state index contributed by atoms with van der Waals surface area (Å²) in [5, 5.41) is 3.47. The summed E-state index contributed by atoms with van der Waals surface area (Å²) < 4.78 is 1.21. The Morgan fingerprint density at radius 1 is 1.14 bits per heavy atom. The lowest BCUT2D eigenvalue weighted by Gasteiger charge is -2.38. The van der Waals surface area contributed by atoms with Crippen LogP contribution in [0.2, 0.25) is 0 Å². The van der Waals surface area contributed by atoms with Crippen molar-refractivity contribution in [1.29, 1.82) is 0 Å². The molecule has 1 unspecified atom stereocenters. The SMILES string of the molecule is CCNC(C)c1ccc(N2CCN(C(C)C)CC2)c(Br)c1. The molecule has 0 saturated carbocycles. The Morgan fingerprint density at radius 3 is 2.33 bits per heavy atom. The molecule has 1 N–H and O–H groups in total. The van der Waals surface area contributed by atoms with Crippen LogP contribution in [0.5, 0.6) is 0 Å². The summed E-state index contributed by atoms with van der Waals surface area (Å²) in [5.74, 6) is 0. The van der Waals surface area contributed by atoms with E-state index in [0.717, 1.165) is 32.7 Å². The summed E-state index contributed by atoms with van der Waals surface area (Å²) in [6, 6.07) is 7.83. The zero-order chi connectivity index (χ0) is 15.4. The molecule has 2 rings (SSSR count). The lowest BCUT2D eigenvalue weighted by Crippen LogP contribution is -2.49. The minimum Gasteiger partial charge on any atom is -0.368 e. The van der Waals surface area contributed by atoms with Crippen LogP contribution in [0.4, 0.5) is 5.69 Å². The van der Waals surface area contributed by atoms with Crippen LogP contribution in [-0.2, 0) is 0 Å². The molecule has 1 aromatic carbocycles. The predicted molar refractivity (Wildman–Crippen MR) is 95.2 cm³/mol. The molecule has 4 heteroatoms. The van der Waals surface area contributed by atoms with E-state index in [1.165, 1.54) is 15.7 Å². The van der Waals surface area contributed by atoms with E-state index in [2.05, 4.69) is 76.9 Å². The smallest absolute Gasteiger partial charge is 0.0511 e. The van der Waals surface area contributed by atoms with Crippen molar-refractivity contribution in [3.8, 4) is 0 Å². The highest BCUT2D eigenvalue weighted by atomic mass is 79.9. The van der Waals surface area contributed by atoms with E-state index in [1.54, 1.807) is 0 Å². The highest BCUT2D eigenvalue weighted by molar-refractivity contribution is 9.10. The molecule has 3 nitrogen and oxygen atoms in total. The fourth-order valence-corrected chi connectivity index (χ4v) is 3.60. The molecule has 0 aromatic heterocycles. The number of nitrogens with one attached hydrogen (secondary N) is 1. The van der Waals surface area contributed by atoms with Crippen molar-refractivity contribution in [2.75, 3.05) is 37.6 Å². The first-order valence-corrected chi connectivity index (χ1v) is 8.84. The molecule has 0 radical (unpaired) electrons. The van der Waals surface area contributed by atoms with E-state index >= 15 is 0 Å². The van der Waals surface area contributed by atoms with Gasteiger partial charge in [0.2, 0.25) is 0 Å². The number of halogens is 1. The van der Waals surface area contributed by atoms with Gasteiger partial charge in [-0.2, -0.15) is 0 Å². The zero-order valence-electron chi connectivity index (χ0n) is 13.7. The van der Waals surface area contributed by atoms with Crippen molar-refractivity contribution in [1.82, 2.24) is 10.2 Å². The van der Waals surface area contributed by atoms with Crippen LogP contribution in [-0.4, -0.2) is 43.7 Å². The van der Waals surface area contributed by atoms with Gasteiger partial charge in [0, 0.05) is 42.7 Å². The molecule has 1 fully saturated rings. The van der Waals surface area contributed by atoms with Gasteiger partial charge in [-0.25, -0.2) is 0 Å². The summed E-state index contributed by atoms with van der Waals surface area (Å²) >= 11 is 3.76. The summed E-state index contributed by atoms with van der Waals surface area (Å²) in [5.41, 5.74) is 2.67. The molecule has 118 valence electrons. The van der Waals surface area contributed by atoms with Gasteiger partial charge in [-0.15, -0.1) is 0 Å². The number of piperazine rings is 1. The molecule has 1 aromatic rings. The molecule has 21 heavy (non-hydrogen) atoms. The highest BCUT2D eigenvalue weighted by Gasteiger charge is 2.20. The normalized spacial score (nSPS) is 18.3. The fourth-order valence-electron chi connectivity index (χ4n) is 2.95. The molecule has 0 spiro atoms. The van der Waals surface area contributed by atoms with Crippen molar-refractivity contribution in [3.63, 3.8) is 0 Å². The van der Waals surface area contributed by atoms with Crippen molar-refractivity contribution < 1.29 is 0 Å². The summed E-state index contributed by atoms with van der Waals surface area (Å²) in [4.78, 5) is 5.04. The molecule has 1 heterocycles. The van der Waals surface area contributed by atoms with Gasteiger partial charge in [-0.3, -0.25) is 4.90 Å². The zero-order valence-corrected chi connectivity index (χ0v) is 15.3. The van der Waals surface area contributed by atoms with E-state index in [1.807, 2.05) is 0 Å². The van der Waals surface area contributed by atoms with E-state index in [-0.39, 0.29) is 0 Å². The average molecular weight is 354 g/mol. The Bertz CT molecular complexity index is 453. The van der Waals surface area contributed by atoms with Crippen molar-refractivity contribution in [3.05, 3.63) is 28.2 Å². The Kier molecular flexibility index (Phi) is 6.08. The van der Waals surface area contributed by atoms with E-state index in [9.17, 15) is 0 Å². The third-order valence-corrected chi connectivity index (χ3v) is 5.00. The van der Waals surface area contributed by atoms with Gasteiger partial charge in [-0.05, 0) is 60.9 Å². The molecule has 0 amide bonds. The second-order valence-corrected chi connectivity index (χ2v) is 6.96. The summed E-state index contributed by atoms with van der Waals surface area (Å²) in [6.45, 7) is 14.4. The van der Waals surface area contributed by atoms with Gasteiger partial charge < -0.3 is 10.2 Å². The Labute approximate surface area is 137 Å². The number of benzene rings is 1. The molecular formula is C17H28BrN3. The van der Waals surface area contributed by atoms with Gasteiger partial charge in [0.15, 0.2) is 0 Å². The van der Waals surface area contributed by atoms with Crippen LogP contribution >= 0.6 is 15.9 Å². The molecule has 1 saturated heterocycles. The van der Waals surface area contributed by atoms with Crippen LogP contribution in [0.1, 0.15) is 39.3 Å². The van der Waals surface area contributed by atoms with Gasteiger partial charge in [0.25, 0.3) is 0 Å². The van der Waals surface area contributed by atoms with Crippen LogP contribution in [0, 0.1) is 0 Å². The van der Waals surface area contributed by atoms with E-state index < -0.39 is 0 Å². The molecular weight excluding hydrogens is 326 g/mol. The number of hydrogen-bond acceptors (Lipinski definition) is 3. The second-order valence-electron chi connectivity index (χ2n) is 6.11. The topological polar surface area (TPSA) is 18.5 Å². The van der Waals surface area contributed by atoms with Crippen LogP contribution in [0.15, 0.2) is 22.7 Å². The lowest BCUT2D eigenvalue weighted by atomic mass is 10.1. The maximum atomic E-state index is 3.76. The molecule has 1 aliphatic rings. The largest absolute Gasteiger partial charge is 0.368 e. The Morgan fingerprint density at radius 2 is 1.81 bits per heavy atom. The van der Waals surface area contributed by atoms with Gasteiger partial charge >= 0.3 is 0 Å². The van der Waals surface area contributed by atoms with Gasteiger partial charge in [-0.1, -0.05) is 13.0 Å². The predicted octanol–water partition coefficient (Wildman–Crippen LogP) is 3.65. The first kappa shape index (κ1) is 16.8. The number of rotatable bonds is 5. The third kappa shape index (κ3) is 4.21. The highest BCUT2D eigenvalue weighted by Crippen LogP contribution is 2.30. The quantitative estimate of drug-likeness (QED) is 0.871. The van der Waals surface area contributed by atoms with Crippen LogP contribution < -0.4 is 10.2 Å². The van der Waals surface area contributed by atoms with E-state index in [4.69, 9.17) is 0 Å². The minimum atomic E-state index is 0.401. The van der Waals surface area contributed by atoms with Crippen molar-refractivity contribution in [2.45, 2.75) is 39.8 Å². The summed E-state index contributed by atoms with van der Waals surface area (Å²) in [6.07, 6.45) is 0. The first-order chi connectivity index (χ1) is 10.0. The standard InChI is InChI=1S/C17H28BrN3/c1-5-19-14(4)15-6-7-17(16(18)12-15)21-10-8-20(9-11-21)13(2)3/h6-7,12-14,19H,5,8-11H2,1-4H3. The molecule has 1 atom stereocenters. The first-order valence-electron chi connectivity index (χ1n) is 8.04. The maximum Gasteiger partial charge on any atom is 0.0511 e. The van der Waals surface area contributed by atoms with E-state index in [0.29, 0.717) is 12.1 Å². The van der Waals surface area contributed by atoms with Crippen LogP contribution in [0.25, 0.3) is 0 Å². The molecule has 0 aliphatic carbocycles. The third-order valence-electron chi connectivity index (χ3n) is 4.37. The maximum absolute atomic E-state index is 3.76. The molecule has 0 bridgehead atoms. The van der Waals surface area contributed by atoms with Crippen molar-refractivity contribution >= 4 is 21.6 Å². The second kappa shape index (κ2) is 7.61. The number of nitrogens with zero attached hydrogens (tertiary/aromatic N) is 2. The minimum absolute atomic E-state index is 0.401. The average Bonchev–Trinajstić information content (AvgIpc) is 2.47. The monoisotopic (exact) mass is 353 g/mol. The number of anilines is 1. The number of hydrogen-bond donors (Lipinski definition) is 1. The lowest BCUT2D eigenvalue weighted by molar-refractivity contribution is 0.209. The summed E-state index contributed by atoms with van der Waals surface area (Å²) in [7, 11) is 0. The van der Waals surface area contributed by atoms with Crippen LogP contribution in [0.3, 0.4) is 0 Å². The Hall–Kier alpha value is -0.580. The van der Waals surface area contributed by atoms with Gasteiger partial charge in [0.1, 0.15) is 0 Å². The fraction of sp³-hybridized carbons (Fsp3) is 0.647. The Balaban J connectivity index is 2.05. The molecule has 1 aliphatic heterocycles.